The summed E-state index contributed by atoms with van der Waals surface area (Å²) in [4.78, 5) is 7.61. The molecule has 0 saturated carbocycles. The summed E-state index contributed by atoms with van der Waals surface area (Å²) in [5.41, 5.74) is -0.183. The van der Waals surface area contributed by atoms with Crippen molar-refractivity contribution in [2.75, 3.05) is 0 Å². The maximum absolute atomic E-state index is 12.9. The second-order valence-corrected chi connectivity index (χ2v) is 7.45. The number of alkyl halides is 3. The van der Waals surface area contributed by atoms with E-state index in [2.05, 4.69) is 9.97 Å². The zero-order valence-corrected chi connectivity index (χ0v) is 15.2. The molecule has 4 rings (SSSR count). The van der Waals surface area contributed by atoms with Crippen LogP contribution in [0.5, 0.6) is 5.75 Å². The summed E-state index contributed by atoms with van der Waals surface area (Å²) in [6.45, 7) is 0. The lowest BCUT2D eigenvalue weighted by atomic mass is 10.2. The molecule has 10 heteroatoms. The van der Waals surface area contributed by atoms with E-state index in [9.17, 15) is 21.6 Å². The number of aromatic nitrogens is 2. The summed E-state index contributed by atoms with van der Waals surface area (Å²) in [5.74, 6) is -0.0787. The molecule has 0 fully saturated rings. The van der Waals surface area contributed by atoms with Crippen LogP contribution in [0.1, 0.15) is 5.56 Å². The number of hydrogen-bond acceptors (Lipinski definition) is 6. The number of oxazole rings is 1. The van der Waals surface area contributed by atoms with Crippen LogP contribution in [0, 0.1) is 0 Å². The number of hydrogen-bond donors (Lipinski definition) is 0. The van der Waals surface area contributed by atoms with E-state index in [0.29, 0.717) is 17.3 Å². The highest BCUT2D eigenvalue weighted by molar-refractivity contribution is 7.87. The van der Waals surface area contributed by atoms with Crippen molar-refractivity contribution in [2.24, 2.45) is 0 Å². The number of rotatable bonds is 4. The Balaban J connectivity index is 1.73. The predicted octanol–water partition coefficient (Wildman–Crippen LogP) is 4.68. The highest BCUT2D eigenvalue weighted by Crippen LogP contribution is 2.34. The summed E-state index contributed by atoms with van der Waals surface area (Å²) < 4.78 is 74.6. The van der Waals surface area contributed by atoms with E-state index >= 15 is 0 Å². The molecule has 0 atom stereocenters. The Kier molecular flexibility index (Phi) is 4.50. The molecule has 0 radical (unpaired) electrons. The van der Waals surface area contributed by atoms with E-state index < -0.39 is 26.8 Å². The van der Waals surface area contributed by atoms with Crippen molar-refractivity contribution in [3.63, 3.8) is 0 Å². The van der Waals surface area contributed by atoms with Crippen LogP contribution in [-0.2, 0) is 16.3 Å². The van der Waals surface area contributed by atoms with Crippen LogP contribution >= 0.6 is 0 Å². The fraction of sp³-hybridized carbons (Fsp3) is 0.0526. The molecule has 2 aromatic carbocycles. The maximum Gasteiger partial charge on any atom is 0.416 e. The smallest absolute Gasteiger partial charge is 0.416 e. The molecule has 148 valence electrons. The second kappa shape index (κ2) is 6.89. The van der Waals surface area contributed by atoms with Crippen molar-refractivity contribution in [3.8, 4) is 17.2 Å². The first-order valence-corrected chi connectivity index (χ1v) is 9.57. The number of halogens is 3. The van der Waals surface area contributed by atoms with Gasteiger partial charge in [-0.2, -0.15) is 26.6 Å². The van der Waals surface area contributed by atoms with Gasteiger partial charge in [-0.25, -0.2) is 4.98 Å². The monoisotopic (exact) mass is 420 g/mol. The molecule has 0 saturated heterocycles. The lowest BCUT2D eigenvalue weighted by molar-refractivity contribution is -0.137. The van der Waals surface area contributed by atoms with E-state index in [0.717, 1.165) is 18.2 Å². The fourth-order valence-corrected chi connectivity index (χ4v) is 3.59. The molecular formula is C19H11F3N2O4S. The predicted molar refractivity (Wildman–Crippen MR) is 96.5 cm³/mol. The minimum absolute atomic E-state index is 0.0635. The normalized spacial score (nSPS) is 12.2. The molecule has 2 heterocycles. The standard InChI is InChI=1S/C19H11F3N2O4S/c20-19(21,22)12-5-3-6-13(11-12)29(25,26)28-15-8-2-1-7-14(15)18-24-17-16(27-18)9-4-10-23-17/h1-11H. The molecule has 29 heavy (non-hydrogen) atoms. The molecule has 0 aliphatic heterocycles. The van der Waals surface area contributed by atoms with Gasteiger partial charge in [0.2, 0.25) is 5.89 Å². The van der Waals surface area contributed by atoms with Gasteiger partial charge < -0.3 is 8.60 Å². The molecule has 0 amide bonds. The number of benzene rings is 2. The highest BCUT2D eigenvalue weighted by atomic mass is 32.2. The van der Waals surface area contributed by atoms with Crippen molar-refractivity contribution in [3.05, 3.63) is 72.4 Å². The van der Waals surface area contributed by atoms with Gasteiger partial charge in [0.1, 0.15) is 4.90 Å². The summed E-state index contributed by atoms with van der Waals surface area (Å²) in [5, 5.41) is 0. The Morgan fingerprint density at radius 2 is 1.76 bits per heavy atom. The number of para-hydroxylation sites is 1. The number of fused-ring (bicyclic) bond motifs is 1. The van der Waals surface area contributed by atoms with Crippen LogP contribution in [0.3, 0.4) is 0 Å². The van der Waals surface area contributed by atoms with Gasteiger partial charge in [-0.15, -0.1) is 0 Å². The van der Waals surface area contributed by atoms with Gasteiger partial charge in [0.05, 0.1) is 11.1 Å². The van der Waals surface area contributed by atoms with Gasteiger partial charge >= 0.3 is 16.3 Å². The van der Waals surface area contributed by atoms with Crippen molar-refractivity contribution in [2.45, 2.75) is 11.1 Å². The van der Waals surface area contributed by atoms with E-state index in [4.69, 9.17) is 8.60 Å². The van der Waals surface area contributed by atoms with Gasteiger partial charge in [0.25, 0.3) is 0 Å². The summed E-state index contributed by atoms with van der Waals surface area (Å²) in [6.07, 6.45) is -3.16. The Morgan fingerprint density at radius 3 is 2.52 bits per heavy atom. The highest BCUT2D eigenvalue weighted by Gasteiger charge is 2.32. The largest absolute Gasteiger partial charge is 0.434 e. The van der Waals surface area contributed by atoms with Crippen molar-refractivity contribution in [1.82, 2.24) is 9.97 Å². The quantitative estimate of drug-likeness (QED) is 0.446. The lowest BCUT2D eigenvalue weighted by Crippen LogP contribution is -2.12. The lowest BCUT2D eigenvalue weighted by Gasteiger charge is -2.11. The maximum atomic E-state index is 12.9. The Morgan fingerprint density at radius 1 is 0.966 bits per heavy atom. The molecular weight excluding hydrogens is 409 g/mol. The minimum atomic E-state index is -4.69. The second-order valence-electron chi connectivity index (χ2n) is 5.90. The average Bonchev–Trinajstić information content (AvgIpc) is 3.11. The third kappa shape index (κ3) is 3.79. The van der Waals surface area contributed by atoms with Gasteiger partial charge in [-0.1, -0.05) is 18.2 Å². The van der Waals surface area contributed by atoms with Gasteiger partial charge in [-0.05, 0) is 42.5 Å². The molecule has 0 bridgehead atoms. The van der Waals surface area contributed by atoms with Crippen molar-refractivity contribution in [1.29, 1.82) is 0 Å². The van der Waals surface area contributed by atoms with E-state index in [1.165, 1.54) is 24.4 Å². The zero-order valence-electron chi connectivity index (χ0n) is 14.4. The Hall–Kier alpha value is -3.40. The van der Waals surface area contributed by atoms with E-state index in [1.807, 2.05) is 0 Å². The van der Waals surface area contributed by atoms with Gasteiger partial charge in [0.15, 0.2) is 17.0 Å². The molecule has 2 aromatic heterocycles. The first kappa shape index (κ1) is 18.9. The summed E-state index contributed by atoms with van der Waals surface area (Å²) >= 11 is 0. The molecule has 6 nitrogen and oxygen atoms in total. The van der Waals surface area contributed by atoms with Crippen LogP contribution in [0.15, 0.2) is 76.2 Å². The summed E-state index contributed by atoms with van der Waals surface area (Å²) in [7, 11) is -4.54. The summed E-state index contributed by atoms with van der Waals surface area (Å²) in [6, 6.07) is 12.6. The van der Waals surface area contributed by atoms with Crippen LogP contribution in [0.25, 0.3) is 22.7 Å². The number of nitrogens with zero attached hydrogens (tertiary/aromatic N) is 2. The fourth-order valence-electron chi connectivity index (χ4n) is 2.59. The third-order valence-electron chi connectivity index (χ3n) is 3.93. The Bertz CT molecular complexity index is 1270. The molecule has 0 N–H and O–H groups in total. The molecule has 0 unspecified atom stereocenters. The van der Waals surface area contributed by atoms with Crippen LogP contribution in [-0.4, -0.2) is 18.4 Å². The SMILES string of the molecule is O=S(=O)(Oc1ccccc1-c1nc2ncccc2o1)c1cccc(C(F)(F)F)c1. The molecule has 0 spiro atoms. The first-order valence-electron chi connectivity index (χ1n) is 8.17. The number of pyridine rings is 1. The average molecular weight is 420 g/mol. The van der Waals surface area contributed by atoms with Gasteiger partial charge in [-0.3, -0.25) is 0 Å². The van der Waals surface area contributed by atoms with Crippen molar-refractivity contribution >= 4 is 21.3 Å². The minimum Gasteiger partial charge on any atom is -0.434 e. The van der Waals surface area contributed by atoms with E-state index in [-0.39, 0.29) is 17.2 Å². The third-order valence-corrected chi connectivity index (χ3v) is 5.16. The molecule has 0 aliphatic rings. The van der Waals surface area contributed by atoms with Crippen LogP contribution < -0.4 is 4.18 Å². The van der Waals surface area contributed by atoms with Crippen LogP contribution in [0.4, 0.5) is 13.2 Å². The van der Waals surface area contributed by atoms with Crippen molar-refractivity contribution < 1.29 is 30.2 Å². The topological polar surface area (TPSA) is 82.3 Å². The molecule has 0 aliphatic carbocycles. The van der Waals surface area contributed by atoms with Gasteiger partial charge in [0, 0.05) is 6.20 Å². The van der Waals surface area contributed by atoms with E-state index in [1.54, 1.807) is 18.2 Å². The molecule has 4 aromatic rings. The van der Waals surface area contributed by atoms with Crippen LogP contribution in [0.2, 0.25) is 0 Å². The first-order chi connectivity index (χ1) is 13.7. The zero-order chi connectivity index (χ0) is 20.6. The Labute approximate surface area is 162 Å².